The second-order valence-corrected chi connectivity index (χ2v) is 4.96. The van der Waals surface area contributed by atoms with Crippen molar-refractivity contribution in [3.8, 4) is 11.6 Å². The van der Waals surface area contributed by atoms with Gasteiger partial charge < -0.3 is 15.3 Å². The standard InChI is InChI=1S/C15H20N4O2/c1-10(2)13-14(19-16)17-9-18-15(13)21-12-5-3-11(4-6-12)7-8-20/h3-6,9-10,20H,7-8,16H2,1-2H3,(H,17,18,19). The van der Waals surface area contributed by atoms with Gasteiger partial charge in [-0.15, -0.1) is 0 Å². The number of ether oxygens (including phenoxy) is 1. The summed E-state index contributed by atoms with van der Waals surface area (Å²) in [6.45, 7) is 4.18. The van der Waals surface area contributed by atoms with Crippen molar-refractivity contribution in [2.45, 2.75) is 26.2 Å². The average molecular weight is 288 g/mol. The van der Waals surface area contributed by atoms with Crippen molar-refractivity contribution >= 4 is 5.82 Å². The SMILES string of the molecule is CC(C)c1c(NN)ncnc1Oc1ccc(CCO)cc1. The van der Waals surface area contributed by atoms with Crippen molar-refractivity contribution in [2.75, 3.05) is 12.0 Å². The summed E-state index contributed by atoms with van der Waals surface area (Å²) in [5, 5.41) is 8.91. The molecule has 0 saturated heterocycles. The molecule has 0 aliphatic heterocycles. The molecule has 1 heterocycles. The van der Waals surface area contributed by atoms with Crippen molar-refractivity contribution in [2.24, 2.45) is 5.84 Å². The Morgan fingerprint density at radius 3 is 2.52 bits per heavy atom. The minimum Gasteiger partial charge on any atom is -0.439 e. The molecule has 1 aromatic carbocycles. The first-order valence-corrected chi connectivity index (χ1v) is 6.85. The van der Waals surface area contributed by atoms with Crippen LogP contribution in [0.1, 0.15) is 30.9 Å². The smallest absolute Gasteiger partial charge is 0.227 e. The molecule has 6 heteroatoms. The van der Waals surface area contributed by atoms with E-state index in [1.165, 1.54) is 6.33 Å². The largest absolute Gasteiger partial charge is 0.439 e. The Balaban J connectivity index is 2.26. The van der Waals surface area contributed by atoms with E-state index in [-0.39, 0.29) is 12.5 Å². The minimum absolute atomic E-state index is 0.134. The number of benzene rings is 1. The van der Waals surface area contributed by atoms with Gasteiger partial charge in [0.15, 0.2) is 5.82 Å². The van der Waals surface area contributed by atoms with Crippen molar-refractivity contribution in [3.63, 3.8) is 0 Å². The topological polar surface area (TPSA) is 93.3 Å². The first kappa shape index (κ1) is 15.2. The fraction of sp³-hybridized carbons (Fsp3) is 0.333. The zero-order chi connectivity index (χ0) is 15.2. The van der Waals surface area contributed by atoms with Crippen molar-refractivity contribution in [1.29, 1.82) is 0 Å². The number of anilines is 1. The summed E-state index contributed by atoms with van der Waals surface area (Å²) in [5.41, 5.74) is 4.46. The second-order valence-electron chi connectivity index (χ2n) is 4.96. The van der Waals surface area contributed by atoms with E-state index in [0.29, 0.717) is 23.9 Å². The molecule has 6 nitrogen and oxygen atoms in total. The van der Waals surface area contributed by atoms with Gasteiger partial charge in [-0.05, 0) is 30.0 Å². The molecule has 1 aromatic heterocycles. The Kier molecular flexibility index (Phi) is 5.08. The van der Waals surface area contributed by atoms with Gasteiger partial charge in [0.2, 0.25) is 5.88 Å². The molecule has 112 valence electrons. The summed E-state index contributed by atoms with van der Waals surface area (Å²) in [6.07, 6.45) is 2.04. The van der Waals surface area contributed by atoms with Crippen LogP contribution >= 0.6 is 0 Å². The van der Waals surface area contributed by atoms with Crippen LogP contribution < -0.4 is 16.0 Å². The lowest BCUT2D eigenvalue weighted by molar-refractivity contribution is 0.299. The molecule has 2 rings (SSSR count). The van der Waals surface area contributed by atoms with E-state index in [1.807, 2.05) is 38.1 Å². The summed E-state index contributed by atoms with van der Waals surface area (Å²) in [4.78, 5) is 8.30. The maximum Gasteiger partial charge on any atom is 0.227 e. The van der Waals surface area contributed by atoms with Crippen molar-refractivity contribution in [1.82, 2.24) is 9.97 Å². The zero-order valence-corrected chi connectivity index (χ0v) is 12.2. The fourth-order valence-electron chi connectivity index (χ4n) is 2.06. The maximum atomic E-state index is 8.91. The third kappa shape index (κ3) is 3.68. The number of aliphatic hydroxyl groups excluding tert-OH is 1. The zero-order valence-electron chi connectivity index (χ0n) is 12.2. The second kappa shape index (κ2) is 7.01. The van der Waals surface area contributed by atoms with E-state index in [9.17, 15) is 0 Å². The number of aliphatic hydroxyl groups is 1. The quantitative estimate of drug-likeness (QED) is 0.557. The number of nitrogens with zero attached hydrogens (tertiary/aromatic N) is 2. The predicted octanol–water partition coefficient (Wildman–Crippen LogP) is 2.21. The Hall–Kier alpha value is -2.18. The predicted molar refractivity (Wildman–Crippen MR) is 81.2 cm³/mol. The number of nitrogens with two attached hydrogens (primary N) is 1. The van der Waals surface area contributed by atoms with Crippen LogP contribution in [0.15, 0.2) is 30.6 Å². The molecule has 2 aromatic rings. The molecule has 0 amide bonds. The van der Waals surface area contributed by atoms with E-state index < -0.39 is 0 Å². The van der Waals surface area contributed by atoms with Gasteiger partial charge in [-0.3, -0.25) is 0 Å². The first-order chi connectivity index (χ1) is 10.2. The van der Waals surface area contributed by atoms with Crippen LogP contribution in [0.3, 0.4) is 0 Å². The number of rotatable bonds is 6. The Labute approximate surface area is 124 Å². The Morgan fingerprint density at radius 2 is 1.95 bits per heavy atom. The van der Waals surface area contributed by atoms with Gasteiger partial charge in [0, 0.05) is 6.61 Å². The van der Waals surface area contributed by atoms with Gasteiger partial charge in [-0.2, -0.15) is 0 Å². The lowest BCUT2D eigenvalue weighted by Gasteiger charge is -2.15. The van der Waals surface area contributed by atoms with Crippen molar-refractivity contribution in [3.05, 3.63) is 41.7 Å². The molecule has 21 heavy (non-hydrogen) atoms. The third-order valence-corrected chi connectivity index (χ3v) is 3.10. The minimum atomic E-state index is 0.134. The van der Waals surface area contributed by atoms with Gasteiger partial charge >= 0.3 is 0 Å². The van der Waals surface area contributed by atoms with E-state index >= 15 is 0 Å². The van der Waals surface area contributed by atoms with Crippen LogP contribution in [0.2, 0.25) is 0 Å². The molecule has 0 fully saturated rings. The van der Waals surface area contributed by atoms with Crippen LogP contribution in [0.25, 0.3) is 0 Å². The molecule has 0 aliphatic rings. The molecule has 0 radical (unpaired) electrons. The van der Waals surface area contributed by atoms with Crippen LogP contribution in [-0.2, 0) is 6.42 Å². The highest BCUT2D eigenvalue weighted by Crippen LogP contribution is 2.32. The number of nitrogen functional groups attached to an aromatic ring is 1. The van der Waals surface area contributed by atoms with Gasteiger partial charge in [-0.1, -0.05) is 26.0 Å². The normalized spacial score (nSPS) is 10.7. The molecule has 0 saturated carbocycles. The molecule has 0 spiro atoms. The fourth-order valence-corrected chi connectivity index (χ4v) is 2.06. The molecule has 0 aliphatic carbocycles. The molecule has 0 bridgehead atoms. The summed E-state index contributed by atoms with van der Waals surface area (Å²) < 4.78 is 5.84. The molecule has 0 atom stereocenters. The first-order valence-electron chi connectivity index (χ1n) is 6.85. The summed E-state index contributed by atoms with van der Waals surface area (Å²) in [6, 6.07) is 7.55. The van der Waals surface area contributed by atoms with Crippen LogP contribution in [0, 0.1) is 0 Å². The molecular formula is C15H20N4O2. The van der Waals surface area contributed by atoms with Crippen LogP contribution in [-0.4, -0.2) is 21.7 Å². The van der Waals surface area contributed by atoms with Crippen molar-refractivity contribution < 1.29 is 9.84 Å². The number of aromatic nitrogens is 2. The molecule has 0 unspecified atom stereocenters. The van der Waals surface area contributed by atoms with Crippen LogP contribution in [0.4, 0.5) is 5.82 Å². The third-order valence-electron chi connectivity index (χ3n) is 3.10. The van der Waals surface area contributed by atoms with Crippen LogP contribution in [0.5, 0.6) is 11.6 Å². The monoisotopic (exact) mass is 288 g/mol. The van der Waals surface area contributed by atoms with Gasteiger partial charge in [0.25, 0.3) is 0 Å². The molecule has 4 N–H and O–H groups in total. The van der Waals surface area contributed by atoms with E-state index in [0.717, 1.165) is 11.1 Å². The van der Waals surface area contributed by atoms with E-state index in [2.05, 4.69) is 15.4 Å². The van der Waals surface area contributed by atoms with Gasteiger partial charge in [0.05, 0.1) is 5.56 Å². The lowest BCUT2D eigenvalue weighted by Crippen LogP contribution is -2.13. The average Bonchev–Trinajstić information content (AvgIpc) is 2.49. The highest BCUT2D eigenvalue weighted by Gasteiger charge is 2.16. The van der Waals surface area contributed by atoms with Gasteiger partial charge in [0.1, 0.15) is 12.1 Å². The van der Waals surface area contributed by atoms with E-state index in [4.69, 9.17) is 15.7 Å². The Bertz CT molecular complexity index is 585. The number of hydrogen-bond acceptors (Lipinski definition) is 6. The highest BCUT2D eigenvalue weighted by molar-refractivity contribution is 5.50. The molecular weight excluding hydrogens is 268 g/mol. The Morgan fingerprint density at radius 1 is 1.24 bits per heavy atom. The summed E-state index contributed by atoms with van der Waals surface area (Å²) in [5.74, 6) is 7.38. The number of hydrogen-bond donors (Lipinski definition) is 3. The maximum absolute atomic E-state index is 8.91. The van der Waals surface area contributed by atoms with Gasteiger partial charge in [-0.25, -0.2) is 15.8 Å². The summed E-state index contributed by atoms with van der Waals surface area (Å²) in [7, 11) is 0. The number of nitrogens with one attached hydrogen (secondary N) is 1. The van der Waals surface area contributed by atoms with E-state index in [1.54, 1.807) is 0 Å². The lowest BCUT2D eigenvalue weighted by atomic mass is 10.1. The highest BCUT2D eigenvalue weighted by atomic mass is 16.5. The number of hydrazine groups is 1. The summed E-state index contributed by atoms with van der Waals surface area (Å²) >= 11 is 0.